The van der Waals surface area contributed by atoms with Crippen LogP contribution in [0.15, 0.2) is 24.4 Å². The fourth-order valence-corrected chi connectivity index (χ4v) is 1.26. The Bertz CT molecular complexity index is 172. The smallest absolute Gasteiger partial charge is 0.0381 e. The predicted molar refractivity (Wildman–Crippen MR) is 48.4 cm³/mol. The molecule has 1 rings (SSSR count). The first-order chi connectivity index (χ1) is 5.24. The molecule has 62 valence electrons. The van der Waals surface area contributed by atoms with Crippen LogP contribution in [0, 0.1) is 0 Å². The summed E-state index contributed by atoms with van der Waals surface area (Å²) >= 11 is 0. The van der Waals surface area contributed by atoms with Crippen molar-refractivity contribution in [2.24, 2.45) is 0 Å². The third-order valence-corrected chi connectivity index (χ3v) is 2.05. The van der Waals surface area contributed by atoms with Crippen LogP contribution in [-0.4, -0.2) is 43.5 Å². The van der Waals surface area contributed by atoms with Crippen LogP contribution in [-0.2, 0) is 0 Å². The fourth-order valence-electron chi connectivity index (χ4n) is 1.26. The zero-order valence-corrected chi connectivity index (χ0v) is 7.38. The Morgan fingerprint density at radius 1 is 1.36 bits per heavy atom. The van der Waals surface area contributed by atoms with Gasteiger partial charge in [0.25, 0.3) is 0 Å². The van der Waals surface area contributed by atoms with Gasteiger partial charge in [0.05, 0.1) is 0 Å². The van der Waals surface area contributed by atoms with Gasteiger partial charge in [-0.15, -0.1) is 0 Å². The highest BCUT2D eigenvalue weighted by atomic mass is 15.2. The van der Waals surface area contributed by atoms with Crippen LogP contribution in [0.2, 0.25) is 0 Å². The molecule has 0 spiro atoms. The molecule has 2 heteroatoms. The minimum Gasteiger partial charge on any atom is -0.376 e. The first-order valence-corrected chi connectivity index (χ1v) is 3.95. The summed E-state index contributed by atoms with van der Waals surface area (Å²) in [5.41, 5.74) is 1.36. The van der Waals surface area contributed by atoms with Crippen LogP contribution in [0.1, 0.15) is 0 Å². The van der Waals surface area contributed by atoms with Gasteiger partial charge in [-0.2, -0.15) is 0 Å². The molecular formula is C9H16N2. The van der Waals surface area contributed by atoms with E-state index in [9.17, 15) is 0 Å². The van der Waals surface area contributed by atoms with E-state index in [1.54, 1.807) is 0 Å². The van der Waals surface area contributed by atoms with Crippen LogP contribution >= 0.6 is 0 Å². The summed E-state index contributed by atoms with van der Waals surface area (Å²) in [5.74, 6) is 0. The van der Waals surface area contributed by atoms with Gasteiger partial charge in [0.15, 0.2) is 0 Å². The highest BCUT2D eigenvalue weighted by Crippen LogP contribution is 2.08. The molecule has 0 bridgehead atoms. The van der Waals surface area contributed by atoms with E-state index >= 15 is 0 Å². The van der Waals surface area contributed by atoms with Crippen molar-refractivity contribution in [2.45, 2.75) is 0 Å². The molecule has 0 saturated carbocycles. The van der Waals surface area contributed by atoms with E-state index < -0.39 is 0 Å². The topological polar surface area (TPSA) is 6.48 Å². The second kappa shape index (κ2) is 3.58. The fraction of sp³-hybridized carbons (Fsp3) is 0.556. The van der Waals surface area contributed by atoms with Gasteiger partial charge < -0.3 is 4.90 Å². The lowest BCUT2D eigenvalue weighted by atomic mass is 10.2. The maximum absolute atomic E-state index is 3.69. The minimum absolute atomic E-state index is 1.04. The molecule has 0 aromatic carbocycles. The Hall–Kier alpha value is -0.760. The average molecular weight is 152 g/mol. The molecule has 1 heterocycles. The van der Waals surface area contributed by atoms with E-state index in [2.05, 4.69) is 36.6 Å². The first kappa shape index (κ1) is 8.34. The second-order valence-corrected chi connectivity index (χ2v) is 3.05. The van der Waals surface area contributed by atoms with Gasteiger partial charge in [-0.3, -0.25) is 4.90 Å². The third kappa shape index (κ3) is 2.09. The number of hydrogen-bond donors (Lipinski definition) is 0. The van der Waals surface area contributed by atoms with E-state index in [1.807, 2.05) is 6.08 Å². The number of nitrogens with zero attached hydrogens (tertiary/aromatic N) is 2. The molecule has 0 aliphatic carbocycles. The average Bonchev–Trinajstić information content (AvgIpc) is 1.98. The van der Waals surface area contributed by atoms with Crippen molar-refractivity contribution in [1.29, 1.82) is 0 Å². The lowest BCUT2D eigenvalue weighted by Crippen LogP contribution is -2.40. The maximum atomic E-state index is 3.69. The molecule has 2 nitrogen and oxygen atoms in total. The molecule has 0 atom stereocenters. The Morgan fingerprint density at radius 3 is 2.73 bits per heavy atom. The van der Waals surface area contributed by atoms with Crippen LogP contribution in [0.4, 0.5) is 0 Å². The summed E-state index contributed by atoms with van der Waals surface area (Å²) in [6, 6.07) is 0. The summed E-state index contributed by atoms with van der Waals surface area (Å²) in [6.07, 6.45) is 3.93. The van der Waals surface area contributed by atoms with Crippen LogP contribution < -0.4 is 0 Å². The second-order valence-electron chi connectivity index (χ2n) is 3.05. The SMILES string of the molecule is C=C/C=C1/CN(C)CCN1C. The van der Waals surface area contributed by atoms with Crippen molar-refractivity contribution in [2.75, 3.05) is 33.7 Å². The zero-order chi connectivity index (χ0) is 8.27. The van der Waals surface area contributed by atoms with Crippen LogP contribution in [0.3, 0.4) is 0 Å². The number of rotatable bonds is 1. The molecule has 0 unspecified atom stereocenters. The largest absolute Gasteiger partial charge is 0.376 e. The lowest BCUT2D eigenvalue weighted by molar-refractivity contribution is 0.229. The third-order valence-electron chi connectivity index (χ3n) is 2.05. The normalized spacial score (nSPS) is 24.2. The highest BCUT2D eigenvalue weighted by Gasteiger charge is 2.13. The van der Waals surface area contributed by atoms with Crippen molar-refractivity contribution < 1.29 is 0 Å². The van der Waals surface area contributed by atoms with Gasteiger partial charge >= 0.3 is 0 Å². The minimum atomic E-state index is 1.04. The van der Waals surface area contributed by atoms with Crippen molar-refractivity contribution in [3.05, 3.63) is 24.4 Å². The lowest BCUT2D eigenvalue weighted by Gasteiger charge is -2.33. The van der Waals surface area contributed by atoms with Crippen molar-refractivity contribution >= 4 is 0 Å². The Morgan fingerprint density at radius 2 is 2.09 bits per heavy atom. The molecule has 1 aliphatic rings. The molecule has 0 N–H and O–H groups in total. The predicted octanol–water partition coefficient (Wildman–Crippen LogP) is 0.933. The van der Waals surface area contributed by atoms with Gasteiger partial charge in [0.2, 0.25) is 0 Å². The Balaban J connectivity index is 2.61. The molecule has 0 aromatic heterocycles. The monoisotopic (exact) mass is 152 g/mol. The summed E-state index contributed by atoms with van der Waals surface area (Å²) < 4.78 is 0. The van der Waals surface area contributed by atoms with Crippen molar-refractivity contribution in [1.82, 2.24) is 9.80 Å². The zero-order valence-electron chi connectivity index (χ0n) is 7.38. The Kier molecular flexibility index (Phi) is 2.71. The number of likely N-dealkylation sites (N-methyl/N-ethyl adjacent to an activating group) is 2. The Labute approximate surface area is 68.8 Å². The standard InChI is InChI=1S/C9H16N2/c1-4-5-9-8-10(2)6-7-11(9)3/h4-5H,1,6-8H2,2-3H3/b9-5-. The maximum Gasteiger partial charge on any atom is 0.0381 e. The number of piperazine rings is 1. The van der Waals surface area contributed by atoms with E-state index in [1.165, 1.54) is 5.70 Å². The molecule has 1 fully saturated rings. The summed E-state index contributed by atoms with van der Waals surface area (Å²) in [4.78, 5) is 4.59. The van der Waals surface area contributed by atoms with Gasteiger partial charge in [0, 0.05) is 32.4 Å². The van der Waals surface area contributed by atoms with Crippen LogP contribution in [0.25, 0.3) is 0 Å². The van der Waals surface area contributed by atoms with Crippen molar-refractivity contribution in [3.8, 4) is 0 Å². The number of allylic oxidation sites excluding steroid dienone is 2. The van der Waals surface area contributed by atoms with Gasteiger partial charge in [-0.25, -0.2) is 0 Å². The van der Waals surface area contributed by atoms with Gasteiger partial charge in [-0.1, -0.05) is 12.7 Å². The molecular weight excluding hydrogens is 136 g/mol. The molecule has 0 aromatic rings. The van der Waals surface area contributed by atoms with E-state index in [0.29, 0.717) is 0 Å². The summed E-state index contributed by atoms with van der Waals surface area (Å²) in [5, 5.41) is 0. The molecule has 1 saturated heterocycles. The quantitative estimate of drug-likeness (QED) is 0.551. The van der Waals surface area contributed by atoms with Crippen LogP contribution in [0.5, 0.6) is 0 Å². The summed E-state index contributed by atoms with van der Waals surface area (Å²) in [6.45, 7) is 7.02. The van der Waals surface area contributed by atoms with Gasteiger partial charge in [0.1, 0.15) is 0 Å². The van der Waals surface area contributed by atoms with Gasteiger partial charge in [-0.05, 0) is 13.1 Å². The van der Waals surface area contributed by atoms with Crippen molar-refractivity contribution in [3.63, 3.8) is 0 Å². The number of hydrogen-bond acceptors (Lipinski definition) is 2. The van der Waals surface area contributed by atoms with E-state index in [4.69, 9.17) is 0 Å². The molecule has 11 heavy (non-hydrogen) atoms. The molecule has 0 amide bonds. The highest BCUT2D eigenvalue weighted by molar-refractivity contribution is 5.12. The van der Waals surface area contributed by atoms with E-state index in [0.717, 1.165) is 19.6 Å². The van der Waals surface area contributed by atoms with E-state index in [-0.39, 0.29) is 0 Å². The molecule has 0 radical (unpaired) electrons. The summed E-state index contributed by atoms with van der Waals surface area (Å²) in [7, 11) is 4.27. The first-order valence-electron chi connectivity index (χ1n) is 3.95. The molecule has 1 aliphatic heterocycles.